The normalized spacial score (nSPS) is 15.9. The van der Waals surface area contributed by atoms with Crippen LogP contribution >= 0.6 is 11.6 Å². The molecule has 0 unspecified atom stereocenters. The van der Waals surface area contributed by atoms with Crippen LogP contribution in [0.25, 0.3) is 0 Å². The van der Waals surface area contributed by atoms with Gasteiger partial charge in [0.1, 0.15) is 12.4 Å². The lowest BCUT2D eigenvalue weighted by Crippen LogP contribution is -2.37. The van der Waals surface area contributed by atoms with Crippen molar-refractivity contribution in [3.8, 4) is 5.75 Å². The molecule has 1 aromatic heterocycles. The van der Waals surface area contributed by atoms with Crippen molar-refractivity contribution in [2.24, 2.45) is 0 Å². The molecule has 7 nitrogen and oxygen atoms in total. The van der Waals surface area contributed by atoms with Gasteiger partial charge in [-0.05, 0) is 51.0 Å². The molecule has 0 saturated heterocycles. The van der Waals surface area contributed by atoms with Gasteiger partial charge in [0.05, 0.1) is 12.1 Å². The number of hydrogen-bond donors (Lipinski definition) is 0. The van der Waals surface area contributed by atoms with Crippen LogP contribution in [0, 0.1) is 6.92 Å². The number of halogens is 1. The number of fused-ring (bicyclic) bond motifs is 1. The lowest BCUT2D eigenvalue weighted by molar-refractivity contribution is 0.0698. The molecule has 0 N–H and O–H groups in total. The first-order chi connectivity index (χ1) is 13.9. The van der Waals surface area contributed by atoms with E-state index in [1.54, 1.807) is 35.0 Å². The third kappa shape index (κ3) is 4.90. The molecule has 2 amide bonds. The van der Waals surface area contributed by atoms with Crippen LogP contribution < -0.4 is 4.74 Å². The van der Waals surface area contributed by atoms with Gasteiger partial charge in [0.2, 0.25) is 0 Å². The summed E-state index contributed by atoms with van der Waals surface area (Å²) in [6, 6.07) is 6.85. The summed E-state index contributed by atoms with van der Waals surface area (Å²) in [6.45, 7) is 6.56. The van der Waals surface area contributed by atoms with E-state index in [0.717, 1.165) is 25.1 Å². The first kappa shape index (κ1) is 21.2. The summed E-state index contributed by atoms with van der Waals surface area (Å²) in [6.07, 6.45) is 1.59. The number of carbonyl (C=O) groups is 2. The summed E-state index contributed by atoms with van der Waals surface area (Å²) in [5.74, 6) is 0.267. The van der Waals surface area contributed by atoms with Gasteiger partial charge in [-0.1, -0.05) is 11.6 Å². The second kappa shape index (κ2) is 9.31. The highest BCUT2D eigenvalue weighted by Crippen LogP contribution is 2.25. The number of rotatable bonds is 2. The Morgan fingerprint density at radius 2 is 1.97 bits per heavy atom. The van der Waals surface area contributed by atoms with Gasteiger partial charge in [-0.15, -0.1) is 0 Å². The Balaban J connectivity index is 1.80. The monoisotopic (exact) mass is 418 g/mol. The molecule has 1 aliphatic heterocycles. The average Bonchev–Trinajstić information content (AvgIpc) is 3.09. The second-order valence-electron chi connectivity index (χ2n) is 7.20. The van der Waals surface area contributed by atoms with E-state index in [-0.39, 0.29) is 18.4 Å². The lowest BCUT2D eigenvalue weighted by Gasteiger charge is -2.25. The zero-order valence-electron chi connectivity index (χ0n) is 17.2. The zero-order valence-corrected chi connectivity index (χ0v) is 17.9. The van der Waals surface area contributed by atoms with E-state index in [1.807, 2.05) is 24.6 Å². The largest absolute Gasteiger partial charge is 0.491 e. The Morgan fingerprint density at radius 3 is 2.69 bits per heavy atom. The Bertz CT molecular complexity index is 896. The molecule has 0 bridgehead atoms. The minimum atomic E-state index is -0.114. The fraction of sp³-hybridized carbons (Fsp3) is 0.476. The van der Waals surface area contributed by atoms with Gasteiger partial charge < -0.3 is 14.5 Å². The third-order valence-electron chi connectivity index (χ3n) is 5.10. The molecule has 8 heteroatoms. The van der Waals surface area contributed by atoms with Gasteiger partial charge in [0.25, 0.3) is 11.8 Å². The highest BCUT2D eigenvalue weighted by atomic mass is 35.5. The Labute approximate surface area is 176 Å². The second-order valence-corrected chi connectivity index (χ2v) is 7.64. The number of nitrogens with zero attached hydrogens (tertiary/aromatic N) is 4. The molecule has 0 spiro atoms. The predicted molar refractivity (Wildman–Crippen MR) is 112 cm³/mol. The molecule has 0 aliphatic carbocycles. The van der Waals surface area contributed by atoms with Crippen molar-refractivity contribution in [2.45, 2.75) is 33.2 Å². The molecule has 0 saturated carbocycles. The van der Waals surface area contributed by atoms with Gasteiger partial charge in [-0.2, -0.15) is 5.10 Å². The van der Waals surface area contributed by atoms with Crippen molar-refractivity contribution in [2.75, 3.05) is 33.3 Å². The van der Waals surface area contributed by atoms with Crippen molar-refractivity contribution in [1.29, 1.82) is 0 Å². The number of aromatic nitrogens is 2. The van der Waals surface area contributed by atoms with E-state index in [9.17, 15) is 9.59 Å². The molecule has 1 aromatic carbocycles. The van der Waals surface area contributed by atoms with Crippen LogP contribution in [0.15, 0.2) is 24.3 Å². The van der Waals surface area contributed by atoms with Crippen LogP contribution in [0.5, 0.6) is 5.75 Å². The first-order valence-electron chi connectivity index (χ1n) is 9.92. The molecule has 3 rings (SSSR count). The fourth-order valence-corrected chi connectivity index (χ4v) is 3.60. The number of carbonyl (C=O) groups excluding carboxylic acids is 2. The standard InChI is InChI=1S/C21H27ClN4O3/c1-4-26-15(2)13-18(23-26)21(28)25-10-6-5-9-24(3)20(27)17-14-16(22)7-8-19(17)29-12-11-25/h7-8,13-14H,4-6,9-12H2,1-3H3. The maximum absolute atomic E-state index is 13.0. The number of hydrogen-bond acceptors (Lipinski definition) is 4. The zero-order chi connectivity index (χ0) is 21.0. The average molecular weight is 419 g/mol. The summed E-state index contributed by atoms with van der Waals surface area (Å²) in [4.78, 5) is 29.2. The van der Waals surface area contributed by atoms with E-state index in [1.165, 1.54) is 0 Å². The summed E-state index contributed by atoms with van der Waals surface area (Å²) in [5.41, 5.74) is 1.86. The van der Waals surface area contributed by atoms with Crippen molar-refractivity contribution in [3.05, 3.63) is 46.2 Å². The van der Waals surface area contributed by atoms with E-state index in [4.69, 9.17) is 16.3 Å². The van der Waals surface area contributed by atoms with Gasteiger partial charge in [0, 0.05) is 37.4 Å². The van der Waals surface area contributed by atoms with E-state index < -0.39 is 0 Å². The highest BCUT2D eigenvalue weighted by Gasteiger charge is 2.22. The molecular formula is C21H27ClN4O3. The van der Waals surface area contributed by atoms with Crippen LogP contribution in [0.2, 0.25) is 5.02 Å². The number of ether oxygens (including phenoxy) is 1. The van der Waals surface area contributed by atoms with Crippen LogP contribution in [0.1, 0.15) is 46.3 Å². The van der Waals surface area contributed by atoms with E-state index >= 15 is 0 Å². The maximum atomic E-state index is 13.0. The molecule has 0 atom stereocenters. The summed E-state index contributed by atoms with van der Waals surface area (Å²) in [5, 5.41) is 4.90. The van der Waals surface area contributed by atoms with Gasteiger partial charge in [-0.25, -0.2) is 0 Å². The molecule has 156 valence electrons. The molecular weight excluding hydrogens is 392 g/mol. The van der Waals surface area contributed by atoms with Crippen LogP contribution in [-0.4, -0.2) is 64.7 Å². The van der Waals surface area contributed by atoms with Gasteiger partial charge in [0.15, 0.2) is 5.69 Å². The minimum absolute atomic E-state index is 0.0956. The van der Waals surface area contributed by atoms with E-state index in [2.05, 4.69) is 5.10 Å². The smallest absolute Gasteiger partial charge is 0.274 e. The number of aryl methyl sites for hydroxylation is 2. The molecule has 2 heterocycles. The summed E-state index contributed by atoms with van der Waals surface area (Å²) in [7, 11) is 1.77. The molecule has 1 aliphatic rings. The van der Waals surface area contributed by atoms with Crippen LogP contribution in [0.3, 0.4) is 0 Å². The topological polar surface area (TPSA) is 67.7 Å². The fourth-order valence-electron chi connectivity index (χ4n) is 3.43. The lowest BCUT2D eigenvalue weighted by atomic mass is 10.1. The predicted octanol–water partition coefficient (Wildman–Crippen LogP) is 3.25. The van der Waals surface area contributed by atoms with Crippen molar-refractivity contribution < 1.29 is 14.3 Å². The molecule has 29 heavy (non-hydrogen) atoms. The Hall–Kier alpha value is -2.54. The Morgan fingerprint density at radius 1 is 1.21 bits per heavy atom. The van der Waals surface area contributed by atoms with Crippen molar-refractivity contribution in [1.82, 2.24) is 19.6 Å². The molecule has 2 aromatic rings. The molecule has 0 fully saturated rings. The molecule has 0 radical (unpaired) electrons. The summed E-state index contributed by atoms with van der Waals surface area (Å²) < 4.78 is 7.70. The number of amides is 2. The highest BCUT2D eigenvalue weighted by molar-refractivity contribution is 6.31. The Kier molecular flexibility index (Phi) is 6.79. The number of benzene rings is 1. The van der Waals surface area contributed by atoms with Crippen molar-refractivity contribution in [3.63, 3.8) is 0 Å². The summed E-state index contributed by atoms with van der Waals surface area (Å²) >= 11 is 6.09. The SMILES string of the molecule is CCn1nc(C(=O)N2CCCCN(C)C(=O)c3cc(Cl)ccc3OCC2)cc1C. The van der Waals surface area contributed by atoms with Gasteiger partial charge in [-0.3, -0.25) is 14.3 Å². The van der Waals surface area contributed by atoms with Crippen LogP contribution in [-0.2, 0) is 6.54 Å². The minimum Gasteiger partial charge on any atom is -0.491 e. The van der Waals surface area contributed by atoms with Crippen LogP contribution in [0.4, 0.5) is 0 Å². The van der Waals surface area contributed by atoms with Crippen molar-refractivity contribution >= 4 is 23.4 Å². The maximum Gasteiger partial charge on any atom is 0.274 e. The first-order valence-corrected chi connectivity index (χ1v) is 10.3. The quantitative estimate of drug-likeness (QED) is 0.750. The third-order valence-corrected chi connectivity index (χ3v) is 5.33. The van der Waals surface area contributed by atoms with Gasteiger partial charge >= 0.3 is 0 Å². The van der Waals surface area contributed by atoms with E-state index in [0.29, 0.717) is 41.7 Å².